The van der Waals surface area contributed by atoms with Crippen LogP contribution in [0.2, 0.25) is 0 Å². The predicted molar refractivity (Wildman–Crippen MR) is 114 cm³/mol. The molecule has 0 aliphatic rings. The Morgan fingerprint density at radius 1 is 1.28 bits per heavy atom. The Morgan fingerprint density at radius 3 is 2.96 bits per heavy atom. The lowest BCUT2D eigenvalue weighted by atomic mass is 10.1. The highest BCUT2D eigenvalue weighted by Crippen LogP contribution is 2.17. The van der Waals surface area contributed by atoms with Gasteiger partial charge < -0.3 is 20.2 Å². The molecule has 0 fully saturated rings. The van der Waals surface area contributed by atoms with E-state index in [1.165, 1.54) is 16.5 Å². The SMILES string of the molecule is CCNC(=NCCc1c[nH]c2ccccc12)NCCn1ccnc1.I. The molecule has 25 heavy (non-hydrogen) atoms. The van der Waals surface area contributed by atoms with Crippen molar-refractivity contribution in [3.05, 3.63) is 54.7 Å². The maximum atomic E-state index is 4.67. The number of para-hydroxylation sites is 1. The van der Waals surface area contributed by atoms with Gasteiger partial charge in [-0.25, -0.2) is 4.98 Å². The Kier molecular flexibility index (Phi) is 7.77. The lowest BCUT2D eigenvalue weighted by molar-refractivity contribution is 0.662. The van der Waals surface area contributed by atoms with Crippen LogP contribution in [0.5, 0.6) is 0 Å². The lowest BCUT2D eigenvalue weighted by Crippen LogP contribution is -2.39. The molecule has 0 bridgehead atoms. The number of rotatable bonds is 7. The molecule has 0 atom stereocenters. The van der Waals surface area contributed by atoms with E-state index in [0.717, 1.165) is 38.6 Å². The predicted octanol–water partition coefficient (Wildman–Crippen LogP) is 2.78. The van der Waals surface area contributed by atoms with E-state index in [2.05, 4.69) is 56.9 Å². The fourth-order valence-corrected chi connectivity index (χ4v) is 2.69. The first-order valence-electron chi connectivity index (χ1n) is 8.39. The van der Waals surface area contributed by atoms with Gasteiger partial charge in [0.25, 0.3) is 0 Å². The number of fused-ring (bicyclic) bond motifs is 1. The van der Waals surface area contributed by atoms with E-state index < -0.39 is 0 Å². The summed E-state index contributed by atoms with van der Waals surface area (Å²) in [6.07, 6.45) is 8.58. The number of benzene rings is 1. The summed E-state index contributed by atoms with van der Waals surface area (Å²) in [6, 6.07) is 8.38. The summed E-state index contributed by atoms with van der Waals surface area (Å²) in [5.74, 6) is 0.859. The van der Waals surface area contributed by atoms with Crippen LogP contribution in [0.3, 0.4) is 0 Å². The van der Waals surface area contributed by atoms with E-state index in [1.807, 2.05) is 23.2 Å². The van der Waals surface area contributed by atoms with Crippen molar-refractivity contribution in [1.82, 2.24) is 25.2 Å². The van der Waals surface area contributed by atoms with Gasteiger partial charge >= 0.3 is 0 Å². The molecule has 2 aromatic heterocycles. The number of halogens is 1. The van der Waals surface area contributed by atoms with Crippen LogP contribution in [0.25, 0.3) is 10.9 Å². The number of imidazole rings is 1. The molecule has 3 aromatic rings. The van der Waals surface area contributed by atoms with Crippen LogP contribution in [-0.2, 0) is 13.0 Å². The average Bonchev–Trinajstić information content (AvgIpc) is 3.25. The Morgan fingerprint density at radius 2 is 2.16 bits per heavy atom. The molecule has 0 amide bonds. The Labute approximate surface area is 165 Å². The van der Waals surface area contributed by atoms with E-state index in [-0.39, 0.29) is 24.0 Å². The van der Waals surface area contributed by atoms with Gasteiger partial charge in [-0.2, -0.15) is 0 Å². The third kappa shape index (κ3) is 5.48. The van der Waals surface area contributed by atoms with Crippen molar-refractivity contribution in [1.29, 1.82) is 0 Å². The Balaban J connectivity index is 0.00000225. The summed E-state index contributed by atoms with van der Waals surface area (Å²) in [7, 11) is 0. The number of hydrogen-bond donors (Lipinski definition) is 3. The molecule has 1 aromatic carbocycles. The molecule has 7 heteroatoms. The standard InChI is InChI=1S/C18H24N6.HI/c1-2-20-18(22-10-12-24-11-9-19-14-24)21-8-7-15-13-23-17-6-4-3-5-16(15)17;/h3-6,9,11,13-14,23H,2,7-8,10,12H2,1H3,(H2,20,21,22);1H. The van der Waals surface area contributed by atoms with Gasteiger partial charge in [0.15, 0.2) is 5.96 Å². The van der Waals surface area contributed by atoms with E-state index in [1.54, 1.807) is 6.20 Å². The second-order valence-corrected chi connectivity index (χ2v) is 5.60. The molecule has 0 unspecified atom stereocenters. The summed E-state index contributed by atoms with van der Waals surface area (Å²) in [6.45, 7) is 5.36. The number of H-pyrrole nitrogens is 1. The van der Waals surface area contributed by atoms with Gasteiger partial charge in [-0.05, 0) is 25.0 Å². The number of nitrogens with one attached hydrogen (secondary N) is 3. The molecule has 6 nitrogen and oxygen atoms in total. The molecule has 0 saturated carbocycles. The van der Waals surface area contributed by atoms with E-state index in [0.29, 0.717) is 0 Å². The summed E-state index contributed by atoms with van der Waals surface area (Å²) in [4.78, 5) is 12.0. The first-order chi connectivity index (χ1) is 11.9. The second-order valence-electron chi connectivity index (χ2n) is 5.60. The summed E-state index contributed by atoms with van der Waals surface area (Å²) in [5.41, 5.74) is 2.49. The monoisotopic (exact) mass is 452 g/mol. The molecule has 2 heterocycles. The summed E-state index contributed by atoms with van der Waals surface area (Å²) < 4.78 is 2.04. The molecular weight excluding hydrogens is 427 g/mol. The van der Waals surface area contributed by atoms with Crippen LogP contribution in [0, 0.1) is 0 Å². The zero-order valence-electron chi connectivity index (χ0n) is 14.4. The van der Waals surface area contributed by atoms with E-state index in [4.69, 9.17) is 0 Å². The Bertz CT molecular complexity index is 778. The van der Waals surface area contributed by atoms with Crippen LogP contribution >= 0.6 is 24.0 Å². The molecule has 3 N–H and O–H groups in total. The molecule has 134 valence electrons. The highest BCUT2D eigenvalue weighted by atomic mass is 127. The third-order valence-electron chi connectivity index (χ3n) is 3.89. The van der Waals surface area contributed by atoms with Crippen molar-refractivity contribution in [2.24, 2.45) is 4.99 Å². The van der Waals surface area contributed by atoms with Gasteiger partial charge in [0.2, 0.25) is 0 Å². The highest BCUT2D eigenvalue weighted by Gasteiger charge is 2.03. The fraction of sp³-hybridized carbons (Fsp3) is 0.333. The van der Waals surface area contributed by atoms with Crippen LogP contribution < -0.4 is 10.6 Å². The van der Waals surface area contributed by atoms with Crippen molar-refractivity contribution in [2.45, 2.75) is 19.9 Å². The lowest BCUT2D eigenvalue weighted by Gasteiger charge is -2.11. The molecule has 0 aliphatic heterocycles. The first kappa shape index (κ1) is 19.3. The zero-order valence-corrected chi connectivity index (χ0v) is 16.7. The zero-order chi connectivity index (χ0) is 16.6. The number of guanidine groups is 1. The average molecular weight is 452 g/mol. The first-order valence-corrected chi connectivity index (χ1v) is 8.39. The number of nitrogens with zero attached hydrogens (tertiary/aromatic N) is 3. The largest absolute Gasteiger partial charge is 0.361 e. The van der Waals surface area contributed by atoms with E-state index in [9.17, 15) is 0 Å². The quantitative estimate of drug-likeness (QED) is 0.294. The van der Waals surface area contributed by atoms with Crippen LogP contribution in [0.4, 0.5) is 0 Å². The van der Waals surface area contributed by atoms with Gasteiger partial charge in [0.1, 0.15) is 0 Å². The van der Waals surface area contributed by atoms with Gasteiger partial charge in [-0.15, -0.1) is 24.0 Å². The normalized spacial score (nSPS) is 11.3. The van der Waals surface area contributed by atoms with Gasteiger partial charge in [-0.3, -0.25) is 4.99 Å². The maximum absolute atomic E-state index is 4.67. The smallest absolute Gasteiger partial charge is 0.191 e. The van der Waals surface area contributed by atoms with Crippen LogP contribution in [0.15, 0.2) is 54.2 Å². The van der Waals surface area contributed by atoms with Crippen molar-refractivity contribution < 1.29 is 0 Å². The topological polar surface area (TPSA) is 70.0 Å². The number of hydrogen-bond acceptors (Lipinski definition) is 2. The number of aliphatic imine (C=N–C) groups is 1. The minimum absolute atomic E-state index is 0. The van der Waals surface area contributed by atoms with Crippen molar-refractivity contribution >= 4 is 40.8 Å². The molecular formula is C18H25IN6. The van der Waals surface area contributed by atoms with Crippen LogP contribution in [-0.4, -0.2) is 40.1 Å². The number of aromatic amines is 1. The minimum Gasteiger partial charge on any atom is -0.361 e. The molecule has 0 aliphatic carbocycles. The summed E-state index contributed by atoms with van der Waals surface area (Å²) in [5, 5.41) is 7.93. The molecule has 0 spiro atoms. The van der Waals surface area contributed by atoms with Gasteiger partial charge in [0, 0.05) is 55.7 Å². The fourth-order valence-electron chi connectivity index (χ4n) is 2.69. The third-order valence-corrected chi connectivity index (χ3v) is 3.89. The molecule has 0 saturated heterocycles. The van der Waals surface area contributed by atoms with Crippen molar-refractivity contribution in [2.75, 3.05) is 19.6 Å². The van der Waals surface area contributed by atoms with Gasteiger partial charge in [-0.1, -0.05) is 18.2 Å². The van der Waals surface area contributed by atoms with E-state index >= 15 is 0 Å². The van der Waals surface area contributed by atoms with Crippen molar-refractivity contribution in [3.8, 4) is 0 Å². The highest BCUT2D eigenvalue weighted by molar-refractivity contribution is 14.0. The minimum atomic E-state index is 0. The van der Waals surface area contributed by atoms with Crippen LogP contribution in [0.1, 0.15) is 12.5 Å². The molecule has 0 radical (unpaired) electrons. The number of aromatic nitrogens is 3. The summed E-state index contributed by atoms with van der Waals surface area (Å²) >= 11 is 0. The van der Waals surface area contributed by atoms with Gasteiger partial charge in [0.05, 0.1) is 6.33 Å². The second kappa shape index (κ2) is 10.1. The molecule has 3 rings (SSSR count). The maximum Gasteiger partial charge on any atom is 0.191 e. The Hall–Kier alpha value is -2.03. The van der Waals surface area contributed by atoms with Crippen molar-refractivity contribution in [3.63, 3.8) is 0 Å².